The molecular formula is C19H18F3N5O2. The third kappa shape index (κ3) is 4.65. The van der Waals surface area contributed by atoms with E-state index in [1.54, 1.807) is 12.3 Å². The van der Waals surface area contributed by atoms with Crippen LogP contribution < -0.4 is 10.1 Å². The van der Waals surface area contributed by atoms with E-state index >= 15 is 0 Å². The van der Waals surface area contributed by atoms with Gasteiger partial charge in [-0.05, 0) is 30.7 Å². The molecule has 1 atom stereocenters. The van der Waals surface area contributed by atoms with Crippen molar-refractivity contribution < 1.29 is 22.7 Å². The second-order valence-corrected chi connectivity index (χ2v) is 6.79. The van der Waals surface area contributed by atoms with Gasteiger partial charge in [0.2, 0.25) is 17.6 Å². The van der Waals surface area contributed by atoms with Crippen molar-refractivity contribution in [1.29, 1.82) is 0 Å². The SMILES string of the molecule is O=C(CN1CCC(Oc2ccccn2)C1)Nc1ccc2nc(C(F)(F)F)[nH]c2c1. The number of rotatable bonds is 5. The van der Waals surface area contributed by atoms with Crippen LogP contribution in [0.15, 0.2) is 42.6 Å². The number of benzene rings is 1. The monoisotopic (exact) mass is 405 g/mol. The molecule has 152 valence electrons. The Balaban J connectivity index is 1.33. The van der Waals surface area contributed by atoms with Crippen molar-refractivity contribution in [2.75, 3.05) is 25.0 Å². The summed E-state index contributed by atoms with van der Waals surface area (Å²) in [6.45, 7) is 1.47. The fraction of sp³-hybridized carbons (Fsp3) is 0.316. The van der Waals surface area contributed by atoms with E-state index in [-0.39, 0.29) is 29.6 Å². The predicted molar refractivity (Wildman–Crippen MR) is 99.4 cm³/mol. The van der Waals surface area contributed by atoms with Gasteiger partial charge in [0.25, 0.3) is 0 Å². The Bertz CT molecular complexity index is 1010. The number of aromatic nitrogens is 3. The minimum atomic E-state index is -4.55. The molecule has 1 aliphatic rings. The number of hydrogen-bond donors (Lipinski definition) is 2. The van der Waals surface area contributed by atoms with Crippen molar-refractivity contribution in [3.63, 3.8) is 0 Å². The van der Waals surface area contributed by atoms with Crippen LogP contribution in [0.25, 0.3) is 11.0 Å². The standard InChI is InChI=1S/C19H18F3N5O2/c20-19(21,22)18-25-14-5-4-12(9-15(14)26-18)24-16(28)11-27-8-6-13(10-27)29-17-3-1-2-7-23-17/h1-5,7,9,13H,6,8,10-11H2,(H,24,28)(H,25,26). The molecule has 0 radical (unpaired) electrons. The molecule has 3 heterocycles. The summed E-state index contributed by atoms with van der Waals surface area (Å²) in [4.78, 5) is 24.1. The largest absolute Gasteiger partial charge is 0.473 e. The van der Waals surface area contributed by atoms with Gasteiger partial charge >= 0.3 is 6.18 Å². The third-order valence-corrected chi connectivity index (χ3v) is 4.56. The third-order valence-electron chi connectivity index (χ3n) is 4.56. The number of fused-ring (bicyclic) bond motifs is 1. The highest BCUT2D eigenvalue weighted by Gasteiger charge is 2.34. The molecular weight excluding hydrogens is 387 g/mol. The first-order valence-corrected chi connectivity index (χ1v) is 9.04. The smallest absolute Gasteiger partial charge is 0.449 e. The first-order valence-electron chi connectivity index (χ1n) is 9.04. The number of carbonyl (C=O) groups excluding carboxylic acids is 1. The number of H-pyrrole nitrogens is 1. The fourth-order valence-electron chi connectivity index (χ4n) is 3.25. The van der Waals surface area contributed by atoms with Crippen LogP contribution in [0.3, 0.4) is 0 Å². The van der Waals surface area contributed by atoms with E-state index in [1.807, 2.05) is 17.0 Å². The molecule has 0 spiro atoms. The van der Waals surface area contributed by atoms with E-state index in [0.717, 1.165) is 6.42 Å². The van der Waals surface area contributed by atoms with Crippen molar-refractivity contribution in [1.82, 2.24) is 19.9 Å². The number of ether oxygens (including phenoxy) is 1. The van der Waals surface area contributed by atoms with E-state index in [0.29, 0.717) is 24.7 Å². The molecule has 10 heteroatoms. The molecule has 3 aromatic rings. The van der Waals surface area contributed by atoms with Gasteiger partial charge in [-0.1, -0.05) is 6.07 Å². The zero-order valence-corrected chi connectivity index (χ0v) is 15.2. The van der Waals surface area contributed by atoms with Crippen LogP contribution in [0.4, 0.5) is 18.9 Å². The van der Waals surface area contributed by atoms with E-state index in [2.05, 4.69) is 20.3 Å². The number of halogens is 3. The Labute approximate surface area is 163 Å². The summed E-state index contributed by atoms with van der Waals surface area (Å²) in [6, 6.07) is 9.83. The van der Waals surface area contributed by atoms with Crippen LogP contribution in [0.5, 0.6) is 5.88 Å². The average Bonchev–Trinajstić information content (AvgIpc) is 3.28. The number of amides is 1. The van der Waals surface area contributed by atoms with E-state index < -0.39 is 12.0 Å². The minimum Gasteiger partial charge on any atom is -0.473 e. The summed E-state index contributed by atoms with van der Waals surface area (Å²) in [5, 5.41) is 2.71. The molecule has 0 aliphatic carbocycles. The number of pyridine rings is 1. The lowest BCUT2D eigenvalue weighted by atomic mass is 10.2. The lowest BCUT2D eigenvalue weighted by Gasteiger charge is -2.16. The van der Waals surface area contributed by atoms with Crippen LogP contribution in [0.1, 0.15) is 12.2 Å². The van der Waals surface area contributed by atoms with Crippen LogP contribution >= 0.6 is 0 Å². The van der Waals surface area contributed by atoms with E-state index in [9.17, 15) is 18.0 Å². The van der Waals surface area contributed by atoms with Crippen LogP contribution in [0.2, 0.25) is 0 Å². The molecule has 29 heavy (non-hydrogen) atoms. The van der Waals surface area contributed by atoms with Crippen molar-refractivity contribution in [2.24, 2.45) is 0 Å². The maximum atomic E-state index is 12.8. The maximum Gasteiger partial charge on any atom is 0.449 e. The van der Waals surface area contributed by atoms with Crippen molar-refractivity contribution in [3.05, 3.63) is 48.4 Å². The Morgan fingerprint density at radius 2 is 2.17 bits per heavy atom. The van der Waals surface area contributed by atoms with Gasteiger partial charge in [-0.2, -0.15) is 13.2 Å². The number of aromatic amines is 1. The number of carbonyl (C=O) groups is 1. The molecule has 4 rings (SSSR count). The predicted octanol–water partition coefficient (Wildman–Crippen LogP) is 3.07. The molecule has 1 aliphatic heterocycles. The van der Waals surface area contributed by atoms with Gasteiger partial charge in [0.05, 0.1) is 17.6 Å². The highest BCUT2D eigenvalue weighted by Crippen LogP contribution is 2.29. The summed E-state index contributed by atoms with van der Waals surface area (Å²) < 4.78 is 44.0. The molecule has 2 N–H and O–H groups in total. The first-order chi connectivity index (χ1) is 13.9. The lowest BCUT2D eigenvalue weighted by Crippen LogP contribution is -2.33. The van der Waals surface area contributed by atoms with Gasteiger partial charge in [0.15, 0.2) is 0 Å². The molecule has 2 aromatic heterocycles. The molecule has 0 bridgehead atoms. The molecule has 1 unspecified atom stereocenters. The highest BCUT2D eigenvalue weighted by molar-refractivity contribution is 5.94. The number of hydrogen-bond acceptors (Lipinski definition) is 5. The van der Waals surface area contributed by atoms with E-state index in [4.69, 9.17) is 4.74 Å². The second-order valence-electron chi connectivity index (χ2n) is 6.79. The van der Waals surface area contributed by atoms with Gasteiger partial charge in [-0.25, -0.2) is 9.97 Å². The number of nitrogens with zero attached hydrogens (tertiary/aromatic N) is 3. The van der Waals surface area contributed by atoms with Gasteiger partial charge in [0, 0.05) is 31.0 Å². The summed E-state index contributed by atoms with van der Waals surface area (Å²) in [7, 11) is 0. The molecule has 7 nitrogen and oxygen atoms in total. The number of likely N-dealkylation sites (tertiary alicyclic amines) is 1. The highest BCUT2D eigenvalue weighted by atomic mass is 19.4. The Morgan fingerprint density at radius 3 is 2.93 bits per heavy atom. The van der Waals surface area contributed by atoms with Crippen molar-refractivity contribution in [2.45, 2.75) is 18.7 Å². The Kier molecular flexibility index (Phi) is 5.10. The summed E-state index contributed by atoms with van der Waals surface area (Å²) in [5.74, 6) is -0.764. The number of imidazole rings is 1. The van der Waals surface area contributed by atoms with Gasteiger partial charge in [-0.15, -0.1) is 0 Å². The summed E-state index contributed by atoms with van der Waals surface area (Å²) >= 11 is 0. The first kappa shape index (κ1) is 19.2. The second kappa shape index (κ2) is 7.70. The Morgan fingerprint density at radius 1 is 1.31 bits per heavy atom. The van der Waals surface area contributed by atoms with E-state index in [1.165, 1.54) is 18.2 Å². The minimum absolute atomic E-state index is 0.0418. The molecule has 0 saturated carbocycles. The zero-order valence-electron chi connectivity index (χ0n) is 15.2. The van der Waals surface area contributed by atoms with Crippen molar-refractivity contribution >= 4 is 22.6 Å². The van der Waals surface area contributed by atoms with Gasteiger partial charge in [-0.3, -0.25) is 9.69 Å². The number of nitrogens with one attached hydrogen (secondary N) is 2. The number of anilines is 1. The Hall–Kier alpha value is -3.14. The van der Waals surface area contributed by atoms with Crippen LogP contribution in [-0.4, -0.2) is 51.5 Å². The lowest BCUT2D eigenvalue weighted by molar-refractivity contribution is -0.144. The molecule has 1 saturated heterocycles. The van der Waals surface area contributed by atoms with Gasteiger partial charge < -0.3 is 15.0 Å². The quantitative estimate of drug-likeness (QED) is 0.682. The normalized spacial score (nSPS) is 17.6. The van der Waals surface area contributed by atoms with Gasteiger partial charge in [0.1, 0.15) is 6.10 Å². The fourth-order valence-corrected chi connectivity index (χ4v) is 3.25. The maximum absolute atomic E-state index is 12.8. The molecule has 1 amide bonds. The summed E-state index contributed by atoms with van der Waals surface area (Å²) in [6.07, 6.45) is -2.15. The van der Waals surface area contributed by atoms with Crippen LogP contribution in [0, 0.1) is 0 Å². The molecule has 1 fully saturated rings. The van der Waals surface area contributed by atoms with Crippen molar-refractivity contribution in [3.8, 4) is 5.88 Å². The topological polar surface area (TPSA) is 83.1 Å². The number of alkyl halides is 3. The average molecular weight is 405 g/mol. The van der Waals surface area contributed by atoms with Crippen LogP contribution in [-0.2, 0) is 11.0 Å². The molecule has 1 aromatic carbocycles. The zero-order chi connectivity index (χ0) is 20.4. The summed E-state index contributed by atoms with van der Waals surface area (Å²) in [5.41, 5.74) is 0.796.